The molecule has 1 N–H and O–H groups in total. The summed E-state index contributed by atoms with van der Waals surface area (Å²) in [5, 5.41) is 9.22. The molecular weight excluding hydrogens is 418 g/mol. The zero-order chi connectivity index (χ0) is 21.5. The van der Waals surface area contributed by atoms with Crippen LogP contribution in [-0.4, -0.2) is 53.3 Å². The Hall–Kier alpha value is -3.46. The maximum atomic E-state index is 13.1. The lowest BCUT2D eigenvalue weighted by Gasteiger charge is -2.32. The predicted molar refractivity (Wildman–Crippen MR) is 115 cm³/mol. The van der Waals surface area contributed by atoms with Crippen LogP contribution in [0.5, 0.6) is 0 Å². The fraction of sp³-hybridized carbons (Fsp3) is 0.286. The minimum absolute atomic E-state index is 0.0797. The van der Waals surface area contributed by atoms with Gasteiger partial charge in [0.25, 0.3) is 11.5 Å². The third-order valence-electron chi connectivity index (χ3n) is 5.84. The highest BCUT2D eigenvalue weighted by atomic mass is 35.5. The van der Waals surface area contributed by atoms with Crippen LogP contribution in [0, 0.1) is 6.92 Å². The molecule has 4 aromatic rings. The Morgan fingerprint density at radius 1 is 1.23 bits per heavy atom. The first-order valence-corrected chi connectivity index (χ1v) is 10.4. The molecule has 31 heavy (non-hydrogen) atoms. The third kappa shape index (κ3) is 3.40. The van der Waals surface area contributed by atoms with Crippen molar-refractivity contribution in [1.29, 1.82) is 0 Å². The largest absolute Gasteiger partial charge is 0.338 e. The van der Waals surface area contributed by atoms with E-state index in [1.165, 1.54) is 15.4 Å². The summed E-state index contributed by atoms with van der Waals surface area (Å²) in [5.74, 6) is 0.468. The van der Waals surface area contributed by atoms with E-state index in [9.17, 15) is 9.59 Å². The molecule has 5 heterocycles. The average Bonchev–Trinajstić information content (AvgIpc) is 3.40. The highest BCUT2D eigenvalue weighted by Crippen LogP contribution is 2.32. The summed E-state index contributed by atoms with van der Waals surface area (Å²) in [6.45, 7) is 3.05. The molecule has 4 aromatic heterocycles. The number of rotatable bonds is 3. The number of carbonyl (C=O) groups is 1. The number of halogens is 1. The van der Waals surface area contributed by atoms with Gasteiger partial charge in [-0.25, -0.2) is 14.2 Å². The molecule has 0 atom stereocenters. The van der Waals surface area contributed by atoms with E-state index < -0.39 is 0 Å². The number of aromatic amines is 1. The smallest absolute Gasteiger partial charge is 0.276 e. The molecule has 1 fully saturated rings. The number of hydrogen-bond acceptors (Lipinski definition) is 5. The molecule has 9 nitrogen and oxygen atoms in total. The van der Waals surface area contributed by atoms with Crippen LogP contribution >= 0.6 is 11.6 Å². The highest BCUT2D eigenvalue weighted by Gasteiger charge is 2.28. The van der Waals surface area contributed by atoms with Gasteiger partial charge in [0.2, 0.25) is 5.95 Å². The van der Waals surface area contributed by atoms with E-state index in [1.54, 1.807) is 31.5 Å². The quantitative estimate of drug-likeness (QED) is 0.496. The van der Waals surface area contributed by atoms with E-state index >= 15 is 0 Å². The Morgan fingerprint density at radius 3 is 2.81 bits per heavy atom. The molecule has 158 valence electrons. The molecule has 5 rings (SSSR count). The van der Waals surface area contributed by atoms with Crippen LogP contribution in [0.15, 0.2) is 47.7 Å². The number of likely N-dealkylation sites (tertiary alicyclic amines) is 1. The van der Waals surface area contributed by atoms with Gasteiger partial charge >= 0.3 is 0 Å². The Bertz CT molecular complexity index is 1330. The van der Waals surface area contributed by atoms with E-state index in [2.05, 4.69) is 20.2 Å². The van der Waals surface area contributed by atoms with Gasteiger partial charge in [0, 0.05) is 25.5 Å². The molecule has 0 bridgehead atoms. The summed E-state index contributed by atoms with van der Waals surface area (Å²) in [6, 6.07) is 7.32. The Balaban J connectivity index is 1.36. The van der Waals surface area contributed by atoms with E-state index in [-0.39, 0.29) is 23.3 Å². The van der Waals surface area contributed by atoms with Gasteiger partial charge in [-0.05, 0) is 49.4 Å². The van der Waals surface area contributed by atoms with Crippen molar-refractivity contribution in [3.63, 3.8) is 0 Å². The first-order valence-electron chi connectivity index (χ1n) is 10.1. The number of fused-ring (bicyclic) bond motifs is 1. The number of pyridine rings is 1. The number of piperidine rings is 1. The number of H-pyrrole nitrogens is 1. The number of nitrogens with zero attached hydrogens (tertiary/aromatic N) is 6. The molecule has 1 saturated heterocycles. The van der Waals surface area contributed by atoms with E-state index in [4.69, 9.17) is 11.6 Å². The molecule has 1 amide bonds. The summed E-state index contributed by atoms with van der Waals surface area (Å²) >= 11 is 6.24. The Kier molecular flexibility index (Phi) is 4.82. The van der Waals surface area contributed by atoms with Crippen molar-refractivity contribution >= 4 is 23.0 Å². The summed E-state index contributed by atoms with van der Waals surface area (Å²) in [6.07, 6.45) is 6.55. The molecule has 0 aromatic carbocycles. The topological polar surface area (TPSA) is 101 Å². The second kappa shape index (κ2) is 7.66. The van der Waals surface area contributed by atoms with Crippen molar-refractivity contribution in [2.45, 2.75) is 25.7 Å². The number of nitrogens with one attached hydrogen (secondary N) is 1. The van der Waals surface area contributed by atoms with Crippen molar-refractivity contribution in [3.8, 4) is 5.95 Å². The van der Waals surface area contributed by atoms with Gasteiger partial charge < -0.3 is 4.90 Å². The van der Waals surface area contributed by atoms with Gasteiger partial charge in [0.05, 0.1) is 17.5 Å². The zero-order valence-corrected chi connectivity index (χ0v) is 17.6. The monoisotopic (exact) mass is 437 g/mol. The maximum absolute atomic E-state index is 13.1. The van der Waals surface area contributed by atoms with Crippen LogP contribution in [-0.2, 0) is 0 Å². The molecule has 0 aliphatic carbocycles. The van der Waals surface area contributed by atoms with Crippen molar-refractivity contribution in [2.24, 2.45) is 0 Å². The van der Waals surface area contributed by atoms with Crippen molar-refractivity contribution < 1.29 is 4.79 Å². The second-order valence-corrected chi connectivity index (χ2v) is 7.98. The van der Waals surface area contributed by atoms with Crippen LogP contribution < -0.4 is 5.56 Å². The fourth-order valence-corrected chi connectivity index (χ4v) is 4.40. The third-order valence-corrected chi connectivity index (χ3v) is 6.16. The first-order chi connectivity index (χ1) is 15.0. The average molecular weight is 438 g/mol. The van der Waals surface area contributed by atoms with E-state index in [0.29, 0.717) is 35.0 Å². The summed E-state index contributed by atoms with van der Waals surface area (Å²) in [5.41, 5.74) is 2.33. The van der Waals surface area contributed by atoms with Crippen molar-refractivity contribution in [2.75, 3.05) is 13.1 Å². The lowest BCUT2D eigenvalue weighted by molar-refractivity contribution is 0.0712. The Morgan fingerprint density at radius 2 is 2.03 bits per heavy atom. The molecule has 1 aliphatic heterocycles. The molecule has 0 unspecified atom stereocenters. The predicted octanol–water partition coefficient (Wildman–Crippen LogP) is 2.58. The van der Waals surface area contributed by atoms with Gasteiger partial charge in [-0.3, -0.25) is 14.6 Å². The number of hydrogen-bond donors (Lipinski definition) is 1. The molecular formula is C21H20ClN7O2. The SMILES string of the molecule is Cc1c(C(=O)N2CCC(c3cccnc3Cl)CC2)cnn1-c1nn2cccc2c(=O)[nH]1. The maximum Gasteiger partial charge on any atom is 0.276 e. The first kappa shape index (κ1) is 19.5. The van der Waals surface area contributed by atoms with Crippen molar-refractivity contribution in [1.82, 2.24) is 34.3 Å². The van der Waals surface area contributed by atoms with Gasteiger partial charge in [0.15, 0.2) is 0 Å². The summed E-state index contributed by atoms with van der Waals surface area (Å²) in [7, 11) is 0. The van der Waals surface area contributed by atoms with Crippen LogP contribution in [0.4, 0.5) is 0 Å². The van der Waals surface area contributed by atoms with Gasteiger partial charge in [0.1, 0.15) is 10.7 Å². The molecule has 0 saturated carbocycles. The lowest BCUT2D eigenvalue weighted by atomic mass is 9.90. The molecule has 1 aliphatic rings. The van der Waals surface area contributed by atoms with E-state index in [1.807, 2.05) is 17.0 Å². The summed E-state index contributed by atoms with van der Waals surface area (Å²) < 4.78 is 2.97. The van der Waals surface area contributed by atoms with Crippen LogP contribution in [0.3, 0.4) is 0 Å². The summed E-state index contributed by atoms with van der Waals surface area (Å²) in [4.78, 5) is 34.1. The van der Waals surface area contributed by atoms with E-state index in [0.717, 1.165) is 18.4 Å². The second-order valence-electron chi connectivity index (χ2n) is 7.62. The minimum atomic E-state index is -0.270. The minimum Gasteiger partial charge on any atom is -0.338 e. The van der Waals surface area contributed by atoms with Crippen molar-refractivity contribution in [3.05, 3.63) is 75.2 Å². The number of amides is 1. The normalized spacial score (nSPS) is 15.0. The Labute approximate surface area is 182 Å². The number of aromatic nitrogens is 6. The standard InChI is InChI=1S/C21H20ClN7O2/c1-13-16(12-24-29(13)21-25-19(30)17-5-3-9-28(17)26-21)20(31)27-10-6-14(7-11-27)15-4-2-8-23-18(15)22/h2-5,8-9,12,14H,6-7,10-11H2,1H3,(H,25,26,30). The highest BCUT2D eigenvalue weighted by molar-refractivity contribution is 6.30. The molecule has 10 heteroatoms. The van der Waals surface area contributed by atoms with Crippen LogP contribution in [0.25, 0.3) is 11.5 Å². The van der Waals surface area contributed by atoms with Gasteiger partial charge in [-0.1, -0.05) is 17.7 Å². The lowest BCUT2D eigenvalue weighted by Crippen LogP contribution is -2.38. The molecule has 0 radical (unpaired) electrons. The van der Waals surface area contributed by atoms with Crippen LogP contribution in [0.1, 0.15) is 40.4 Å². The number of carbonyl (C=O) groups excluding carboxylic acids is 1. The van der Waals surface area contributed by atoms with Gasteiger partial charge in [-0.15, -0.1) is 5.10 Å². The fourth-order valence-electron chi connectivity index (χ4n) is 4.13. The van der Waals surface area contributed by atoms with Crippen LogP contribution in [0.2, 0.25) is 5.15 Å². The zero-order valence-electron chi connectivity index (χ0n) is 16.8. The van der Waals surface area contributed by atoms with Gasteiger partial charge in [-0.2, -0.15) is 5.10 Å². The molecule has 0 spiro atoms.